The van der Waals surface area contributed by atoms with E-state index in [0.717, 1.165) is 35.2 Å². The smallest absolute Gasteiger partial charge is 0.272 e. The van der Waals surface area contributed by atoms with Crippen LogP contribution in [0.3, 0.4) is 0 Å². The van der Waals surface area contributed by atoms with Crippen LogP contribution in [0.5, 0.6) is 0 Å². The number of para-hydroxylation sites is 1. The van der Waals surface area contributed by atoms with Crippen molar-refractivity contribution in [2.24, 2.45) is 14.1 Å². The summed E-state index contributed by atoms with van der Waals surface area (Å²) in [4.78, 5) is 17.1. The maximum Gasteiger partial charge on any atom is 0.272 e. The van der Waals surface area contributed by atoms with Gasteiger partial charge in [0.15, 0.2) is 0 Å². The van der Waals surface area contributed by atoms with Crippen LogP contribution in [0.25, 0.3) is 11.4 Å². The van der Waals surface area contributed by atoms with Crippen molar-refractivity contribution in [3.05, 3.63) is 59.4 Å². The number of amides is 1. The number of aryl methyl sites for hydroxylation is 2. The molecule has 1 aliphatic heterocycles. The molecule has 27 heavy (non-hydrogen) atoms. The Morgan fingerprint density at radius 1 is 1.04 bits per heavy atom. The molecule has 0 N–H and O–H groups in total. The van der Waals surface area contributed by atoms with Gasteiger partial charge in [-0.3, -0.25) is 9.48 Å². The molecule has 1 saturated heterocycles. The van der Waals surface area contributed by atoms with Crippen LogP contribution in [0.4, 0.5) is 5.69 Å². The Hall–Kier alpha value is -2.73. The molecule has 0 saturated carbocycles. The largest absolute Gasteiger partial charge is 0.367 e. The van der Waals surface area contributed by atoms with Crippen molar-refractivity contribution < 1.29 is 4.79 Å². The van der Waals surface area contributed by atoms with Gasteiger partial charge in [-0.1, -0.05) is 23.7 Å². The SMILES string of the molecule is Cn1cccc1-c1cc(C(=O)N2CCN(c3ccccc3Cl)CC2)n(C)n1. The molecule has 3 heterocycles. The molecule has 0 aliphatic carbocycles. The lowest BCUT2D eigenvalue weighted by molar-refractivity contribution is 0.0735. The van der Waals surface area contributed by atoms with Crippen LogP contribution in [0, 0.1) is 0 Å². The summed E-state index contributed by atoms with van der Waals surface area (Å²) >= 11 is 6.30. The average molecular weight is 384 g/mol. The first-order valence-corrected chi connectivity index (χ1v) is 9.37. The zero-order chi connectivity index (χ0) is 19.0. The third kappa shape index (κ3) is 3.32. The van der Waals surface area contributed by atoms with Crippen molar-refractivity contribution in [3.8, 4) is 11.4 Å². The second-order valence-corrected chi connectivity index (χ2v) is 7.18. The topological polar surface area (TPSA) is 46.3 Å². The molecule has 0 unspecified atom stereocenters. The van der Waals surface area contributed by atoms with E-state index < -0.39 is 0 Å². The summed E-state index contributed by atoms with van der Waals surface area (Å²) in [6, 6.07) is 13.7. The van der Waals surface area contributed by atoms with Gasteiger partial charge in [-0.15, -0.1) is 0 Å². The molecule has 0 spiro atoms. The molecule has 0 bridgehead atoms. The Labute approximate surface area is 163 Å². The molecule has 1 aliphatic rings. The Kier molecular flexibility index (Phi) is 4.66. The lowest BCUT2D eigenvalue weighted by atomic mass is 10.2. The van der Waals surface area contributed by atoms with E-state index in [9.17, 15) is 4.79 Å². The van der Waals surface area contributed by atoms with E-state index in [2.05, 4.69) is 10.00 Å². The number of halogens is 1. The minimum atomic E-state index is 0.0178. The molecular formula is C20H22ClN5O. The summed E-state index contributed by atoms with van der Waals surface area (Å²) in [6.45, 7) is 2.85. The van der Waals surface area contributed by atoms with Crippen molar-refractivity contribution in [2.45, 2.75) is 0 Å². The Morgan fingerprint density at radius 2 is 1.78 bits per heavy atom. The van der Waals surface area contributed by atoms with E-state index >= 15 is 0 Å². The van der Waals surface area contributed by atoms with Crippen molar-refractivity contribution in [1.29, 1.82) is 0 Å². The van der Waals surface area contributed by atoms with Gasteiger partial charge in [0.05, 0.1) is 16.4 Å². The highest BCUT2D eigenvalue weighted by molar-refractivity contribution is 6.33. The quantitative estimate of drug-likeness (QED) is 0.698. The fourth-order valence-corrected chi connectivity index (χ4v) is 3.80. The van der Waals surface area contributed by atoms with Crippen molar-refractivity contribution in [3.63, 3.8) is 0 Å². The summed E-state index contributed by atoms with van der Waals surface area (Å²) in [5, 5.41) is 5.27. The molecule has 0 radical (unpaired) electrons. The molecule has 3 aromatic rings. The van der Waals surface area contributed by atoms with Crippen molar-refractivity contribution >= 4 is 23.2 Å². The van der Waals surface area contributed by atoms with Crippen LogP contribution in [-0.2, 0) is 14.1 Å². The normalized spacial score (nSPS) is 14.6. The fraction of sp³-hybridized carbons (Fsp3) is 0.300. The van der Waals surface area contributed by atoms with Crippen LogP contribution in [0.1, 0.15) is 10.5 Å². The predicted molar refractivity (Wildman–Crippen MR) is 107 cm³/mol. The number of rotatable bonds is 3. The highest BCUT2D eigenvalue weighted by Crippen LogP contribution is 2.26. The number of aromatic nitrogens is 3. The van der Waals surface area contributed by atoms with Gasteiger partial charge < -0.3 is 14.4 Å². The van der Waals surface area contributed by atoms with Crippen LogP contribution < -0.4 is 4.90 Å². The maximum absolute atomic E-state index is 13.0. The van der Waals surface area contributed by atoms with Crippen LogP contribution in [0.2, 0.25) is 5.02 Å². The molecule has 7 heteroatoms. The van der Waals surface area contributed by atoms with Crippen molar-refractivity contribution in [2.75, 3.05) is 31.1 Å². The second kappa shape index (κ2) is 7.12. The zero-order valence-corrected chi connectivity index (χ0v) is 16.2. The van der Waals surface area contributed by atoms with Crippen LogP contribution >= 0.6 is 11.6 Å². The number of benzene rings is 1. The van der Waals surface area contributed by atoms with Gasteiger partial charge in [0, 0.05) is 46.5 Å². The zero-order valence-electron chi connectivity index (χ0n) is 15.5. The monoisotopic (exact) mass is 383 g/mol. The Morgan fingerprint density at radius 3 is 2.44 bits per heavy atom. The van der Waals surface area contributed by atoms with E-state index in [4.69, 9.17) is 11.6 Å². The molecular weight excluding hydrogens is 362 g/mol. The van der Waals surface area contributed by atoms with Gasteiger partial charge in [-0.05, 0) is 30.3 Å². The van der Waals surface area contributed by atoms with E-state index in [1.54, 1.807) is 4.68 Å². The molecule has 0 atom stereocenters. The lowest BCUT2D eigenvalue weighted by Crippen LogP contribution is -2.49. The minimum absolute atomic E-state index is 0.0178. The molecule has 140 valence electrons. The fourth-order valence-electron chi connectivity index (χ4n) is 3.54. The predicted octanol–water partition coefficient (Wildman–Crippen LogP) is 3.04. The average Bonchev–Trinajstić information content (AvgIpc) is 3.27. The molecule has 4 rings (SSSR count). The lowest BCUT2D eigenvalue weighted by Gasteiger charge is -2.36. The highest BCUT2D eigenvalue weighted by Gasteiger charge is 2.26. The Bertz CT molecular complexity index is 968. The number of nitrogens with zero attached hydrogens (tertiary/aromatic N) is 5. The number of hydrogen-bond acceptors (Lipinski definition) is 3. The first-order chi connectivity index (χ1) is 13.0. The second-order valence-electron chi connectivity index (χ2n) is 6.77. The third-order valence-electron chi connectivity index (χ3n) is 5.07. The van der Waals surface area contributed by atoms with Gasteiger partial charge in [0.25, 0.3) is 5.91 Å². The van der Waals surface area contributed by atoms with E-state index in [1.807, 2.05) is 72.2 Å². The standard InChI is InChI=1S/C20H22ClN5O/c1-23-9-5-8-18(23)16-14-19(24(2)22-16)20(27)26-12-10-25(11-13-26)17-7-4-3-6-15(17)21/h3-9,14H,10-13H2,1-2H3. The van der Waals surface area contributed by atoms with Crippen LogP contribution in [-0.4, -0.2) is 51.3 Å². The number of carbonyl (C=O) groups excluding carboxylic acids is 1. The van der Waals surface area contributed by atoms with E-state index in [1.165, 1.54) is 0 Å². The first kappa shape index (κ1) is 17.7. The van der Waals surface area contributed by atoms with Gasteiger partial charge in [0.1, 0.15) is 11.4 Å². The first-order valence-electron chi connectivity index (χ1n) is 8.99. The van der Waals surface area contributed by atoms with Crippen molar-refractivity contribution in [1.82, 2.24) is 19.2 Å². The highest BCUT2D eigenvalue weighted by atomic mass is 35.5. The molecule has 1 amide bonds. The van der Waals surface area contributed by atoms with E-state index in [-0.39, 0.29) is 5.91 Å². The van der Waals surface area contributed by atoms with Gasteiger partial charge in [-0.25, -0.2) is 0 Å². The number of anilines is 1. The summed E-state index contributed by atoms with van der Waals surface area (Å²) in [5.74, 6) is 0.0178. The summed E-state index contributed by atoms with van der Waals surface area (Å²) in [5.41, 5.74) is 3.44. The summed E-state index contributed by atoms with van der Waals surface area (Å²) in [7, 11) is 3.79. The molecule has 1 fully saturated rings. The molecule has 6 nitrogen and oxygen atoms in total. The van der Waals surface area contributed by atoms with E-state index in [0.29, 0.717) is 18.8 Å². The Balaban J connectivity index is 1.48. The summed E-state index contributed by atoms with van der Waals surface area (Å²) in [6.07, 6.45) is 1.97. The molecule has 1 aromatic carbocycles. The van der Waals surface area contributed by atoms with Crippen LogP contribution in [0.15, 0.2) is 48.7 Å². The third-order valence-corrected chi connectivity index (χ3v) is 5.38. The van der Waals surface area contributed by atoms with Gasteiger partial charge >= 0.3 is 0 Å². The molecule has 2 aromatic heterocycles. The minimum Gasteiger partial charge on any atom is -0.367 e. The number of piperazine rings is 1. The maximum atomic E-state index is 13.0. The number of hydrogen-bond donors (Lipinski definition) is 0. The summed E-state index contributed by atoms with van der Waals surface area (Å²) < 4.78 is 3.67. The number of carbonyl (C=O) groups is 1. The van der Waals surface area contributed by atoms with Gasteiger partial charge in [0.2, 0.25) is 0 Å². The van der Waals surface area contributed by atoms with Gasteiger partial charge in [-0.2, -0.15) is 5.10 Å².